The zero-order chi connectivity index (χ0) is 14.6. The van der Waals surface area contributed by atoms with Crippen molar-refractivity contribution in [3.05, 3.63) is 27.9 Å². The molecule has 7 heteroatoms. The predicted molar refractivity (Wildman–Crippen MR) is 74.6 cm³/mol. The lowest BCUT2D eigenvalue weighted by Crippen LogP contribution is -2.19. The molecule has 1 aromatic rings. The first-order valence-corrected chi connectivity index (χ1v) is 6.49. The van der Waals surface area contributed by atoms with Crippen LogP contribution in [0.25, 0.3) is 5.57 Å². The fourth-order valence-electron chi connectivity index (χ4n) is 1.52. The number of rotatable bonds is 4. The van der Waals surface area contributed by atoms with Crippen LogP contribution < -0.4 is 5.73 Å². The number of carbonyl (C=O) groups is 1. The van der Waals surface area contributed by atoms with Crippen LogP contribution in [0.1, 0.15) is 26.6 Å². The van der Waals surface area contributed by atoms with Crippen molar-refractivity contribution in [2.45, 2.75) is 20.8 Å². The second-order valence-electron chi connectivity index (χ2n) is 4.04. The summed E-state index contributed by atoms with van der Waals surface area (Å²) >= 11 is 11.7. The number of carbonyl (C=O) groups excluding carboxylic acids is 1. The number of aromatic nitrogens is 2. The molecule has 0 saturated heterocycles. The van der Waals surface area contributed by atoms with Crippen molar-refractivity contribution in [1.29, 1.82) is 0 Å². The van der Waals surface area contributed by atoms with Crippen molar-refractivity contribution in [1.82, 2.24) is 9.97 Å². The number of allylic oxidation sites excluding steroid dienone is 1. The molecule has 0 aliphatic carbocycles. The highest BCUT2D eigenvalue weighted by Crippen LogP contribution is 2.25. The molecule has 0 radical (unpaired) electrons. The van der Waals surface area contributed by atoms with E-state index >= 15 is 0 Å². The number of esters is 1. The number of hydrogen-bond acceptors (Lipinski definition) is 5. The van der Waals surface area contributed by atoms with Gasteiger partial charge in [-0.1, -0.05) is 37.0 Å². The lowest BCUT2D eigenvalue weighted by atomic mass is 10.00. The molecule has 19 heavy (non-hydrogen) atoms. The van der Waals surface area contributed by atoms with Gasteiger partial charge in [-0.2, -0.15) is 0 Å². The molecule has 0 fully saturated rings. The fraction of sp³-hybridized carbons (Fsp3) is 0.417. The van der Waals surface area contributed by atoms with Gasteiger partial charge in [0.25, 0.3) is 0 Å². The molecule has 1 aromatic heterocycles. The van der Waals surface area contributed by atoms with Crippen molar-refractivity contribution in [3.8, 4) is 0 Å². The van der Waals surface area contributed by atoms with E-state index in [0.717, 1.165) is 0 Å². The van der Waals surface area contributed by atoms with Gasteiger partial charge in [-0.25, -0.2) is 14.8 Å². The molecule has 1 rings (SSSR count). The van der Waals surface area contributed by atoms with E-state index in [-0.39, 0.29) is 34.4 Å². The highest BCUT2D eigenvalue weighted by molar-refractivity contribution is 6.33. The molecule has 2 N–H and O–H groups in total. The van der Waals surface area contributed by atoms with Crippen molar-refractivity contribution < 1.29 is 9.53 Å². The first kappa shape index (κ1) is 15.7. The van der Waals surface area contributed by atoms with E-state index in [1.54, 1.807) is 6.92 Å². The van der Waals surface area contributed by atoms with Crippen LogP contribution in [0.4, 0.5) is 0 Å². The monoisotopic (exact) mass is 303 g/mol. The normalized spacial score (nSPS) is 12.3. The lowest BCUT2D eigenvalue weighted by Gasteiger charge is -2.13. The molecule has 0 atom stereocenters. The molecule has 0 aromatic carbocycles. The maximum Gasteiger partial charge on any atom is 0.354 e. The first-order valence-electron chi connectivity index (χ1n) is 5.74. The third-order valence-corrected chi connectivity index (χ3v) is 2.65. The number of hydrogen-bond donors (Lipinski definition) is 1. The summed E-state index contributed by atoms with van der Waals surface area (Å²) < 4.78 is 4.87. The number of ether oxygens (including phenoxy) is 1. The molecule has 0 saturated carbocycles. The molecule has 0 bridgehead atoms. The Hall–Kier alpha value is -1.33. The Labute approximate surface area is 121 Å². The largest absolute Gasteiger partial charge is 0.461 e. The van der Waals surface area contributed by atoms with Crippen LogP contribution in [0.5, 0.6) is 0 Å². The fourth-order valence-corrected chi connectivity index (χ4v) is 1.94. The van der Waals surface area contributed by atoms with E-state index in [2.05, 4.69) is 9.97 Å². The van der Waals surface area contributed by atoms with Gasteiger partial charge >= 0.3 is 5.97 Å². The molecule has 0 unspecified atom stereocenters. The highest BCUT2D eigenvalue weighted by atomic mass is 35.5. The highest BCUT2D eigenvalue weighted by Gasteiger charge is 2.20. The zero-order valence-electron chi connectivity index (χ0n) is 10.9. The van der Waals surface area contributed by atoms with Crippen LogP contribution in [0, 0.1) is 5.92 Å². The Kier molecular flexibility index (Phi) is 5.57. The number of nitrogens with two attached hydrogens (primary N) is 1. The Balaban J connectivity index is 3.35. The van der Waals surface area contributed by atoms with Gasteiger partial charge in [-0.15, -0.1) is 0 Å². The van der Waals surface area contributed by atoms with Crippen LogP contribution >= 0.6 is 23.2 Å². The van der Waals surface area contributed by atoms with Gasteiger partial charge < -0.3 is 10.5 Å². The summed E-state index contributed by atoms with van der Waals surface area (Å²) in [6.45, 7) is 5.66. The Bertz CT molecular complexity index is 495. The van der Waals surface area contributed by atoms with Crippen LogP contribution in [0.3, 0.4) is 0 Å². The van der Waals surface area contributed by atoms with Crippen molar-refractivity contribution in [3.63, 3.8) is 0 Å². The summed E-state index contributed by atoms with van der Waals surface area (Å²) in [4.78, 5) is 19.8. The van der Waals surface area contributed by atoms with E-state index in [0.29, 0.717) is 5.57 Å². The van der Waals surface area contributed by atoms with Gasteiger partial charge in [-0.3, -0.25) is 0 Å². The predicted octanol–water partition coefficient (Wildman–Crippen LogP) is 2.67. The molecule has 0 aliphatic rings. The van der Waals surface area contributed by atoms with E-state index in [1.165, 1.54) is 6.07 Å². The molecule has 1 heterocycles. The Morgan fingerprint density at radius 3 is 2.32 bits per heavy atom. The minimum absolute atomic E-state index is 0.0322. The maximum absolute atomic E-state index is 11.7. The van der Waals surface area contributed by atoms with E-state index in [9.17, 15) is 4.79 Å². The molecule has 0 aliphatic heterocycles. The Morgan fingerprint density at radius 1 is 1.37 bits per heavy atom. The van der Waals surface area contributed by atoms with Gasteiger partial charge in [0.15, 0.2) is 5.82 Å². The van der Waals surface area contributed by atoms with Crippen molar-refractivity contribution >= 4 is 34.7 Å². The summed E-state index contributed by atoms with van der Waals surface area (Å²) in [5.74, 6) is -0.456. The van der Waals surface area contributed by atoms with Crippen LogP contribution in [-0.4, -0.2) is 22.5 Å². The zero-order valence-corrected chi connectivity index (χ0v) is 12.4. The molecule has 0 amide bonds. The van der Waals surface area contributed by atoms with Gasteiger partial charge in [0.05, 0.1) is 6.61 Å². The Morgan fingerprint density at radius 2 is 1.89 bits per heavy atom. The third kappa shape index (κ3) is 4.08. The molecular weight excluding hydrogens is 289 g/mol. The molecule has 5 nitrogen and oxygen atoms in total. The number of halogens is 2. The number of nitrogens with zero attached hydrogens (tertiary/aromatic N) is 2. The minimum atomic E-state index is -0.606. The maximum atomic E-state index is 11.7. The average Bonchev–Trinajstić information content (AvgIpc) is 2.27. The quantitative estimate of drug-likeness (QED) is 0.525. The summed E-state index contributed by atoms with van der Waals surface area (Å²) in [6.07, 6.45) is 0. The van der Waals surface area contributed by atoms with Crippen molar-refractivity contribution in [2.24, 2.45) is 11.7 Å². The summed E-state index contributed by atoms with van der Waals surface area (Å²) in [6, 6.07) is 1.41. The van der Waals surface area contributed by atoms with Crippen LogP contribution in [-0.2, 0) is 9.53 Å². The molecule has 0 spiro atoms. The topological polar surface area (TPSA) is 78.1 Å². The van der Waals surface area contributed by atoms with Crippen molar-refractivity contribution in [2.75, 3.05) is 6.61 Å². The van der Waals surface area contributed by atoms with E-state index < -0.39 is 5.97 Å². The molecular formula is C12H15Cl2N3O2. The lowest BCUT2D eigenvalue weighted by molar-refractivity contribution is -0.138. The SMILES string of the molecule is CCOC(=O)C(N)=C(c1nc(Cl)cc(Cl)n1)C(C)C. The van der Waals surface area contributed by atoms with Gasteiger partial charge in [0.1, 0.15) is 16.0 Å². The van der Waals surface area contributed by atoms with Crippen LogP contribution in [0.15, 0.2) is 11.8 Å². The second kappa shape index (κ2) is 6.73. The molecule has 104 valence electrons. The van der Waals surface area contributed by atoms with E-state index in [1.807, 2.05) is 13.8 Å². The average molecular weight is 304 g/mol. The van der Waals surface area contributed by atoms with Gasteiger partial charge in [0, 0.05) is 11.6 Å². The standard InChI is InChI=1S/C12H15Cl2N3O2/c1-4-19-12(18)10(15)9(6(2)3)11-16-7(13)5-8(14)17-11/h5-6H,4,15H2,1-3H3. The smallest absolute Gasteiger partial charge is 0.354 e. The minimum Gasteiger partial charge on any atom is -0.461 e. The van der Waals surface area contributed by atoms with Gasteiger partial charge in [0.2, 0.25) is 0 Å². The second-order valence-corrected chi connectivity index (χ2v) is 4.81. The summed E-state index contributed by atoms with van der Waals surface area (Å²) in [5.41, 5.74) is 6.25. The first-order chi connectivity index (χ1) is 8.86. The van der Waals surface area contributed by atoms with Gasteiger partial charge in [-0.05, 0) is 12.8 Å². The third-order valence-electron chi connectivity index (χ3n) is 2.27. The van der Waals surface area contributed by atoms with E-state index in [4.69, 9.17) is 33.7 Å². The van der Waals surface area contributed by atoms with Crippen LogP contribution in [0.2, 0.25) is 10.3 Å². The summed E-state index contributed by atoms with van der Waals surface area (Å²) in [5, 5.41) is 0.370. The summed E-state index contributed by atoms with van der Waals surface area (Å²) in [7, 11) is 0.